The lowest BCUT2D eigenvalue weighted by atomic mass is 9.85. The highest BCUT2D eigenvalue weighted by Crippen LogP contribution is 2.34. The molecule has 0 heterocycles. The fourth-order valence-electron chi connectivity index (χ4n) is 2.47. The molecule has 0 fully saturated rings. The van der Waals surface area contributed by atoms with Gasteiger partial charge in [-0.1, -0.05) is 51.1 Å². The van der Waals surface area contributed by atoms with Crippen LogP contribution in [0, 0.1) is 0 Å². The van der Waals surface area contributed by atoms with E-state index in [9.17, 15) is 8.42 Å². The zero-order valence-electron chi connectivity index (χ0n) is 14.4. The first-order valence-corrected chi connectivity index (χ1v) is 9.16. The Morgan fingerprint density at radius 3 is 1.91 bits per heavy atom. The van der Waals surface area contributed by atoms with Crippen LogP contribution in [0.25, 0.3) is 0 Å². The molecule has 2 aromatic rings. The second-order valence-corrected chi connectivity index (χ2v) is 9.42. The van der Waals surface area contributed by atoms with Gasteiger partial charge in [-0.3, -0.25) is 0 Å². The summed E-state index contributed by atoms with van der Waals surface area (Å²) in [6.45, 7) is 9.84. The Kier molecular flexibility index (Phi) is 4.44. The zero-order chi connectivity index (χ0) is 17.5. The molecule has 2 aromatic carbocycles. The highest BCUT2D eigenvalue weighted by atomic mass is 32.2. The molecule has 0 bridgehead atoms. The van der Waals surface area contributed by atoms with Crippen molar-refractivity contribution in [2.24, 2.45) is 5.73 Å². The van der Waals surface area contributed by atoms with Gasteiger partial charge in [0.15, 0.2) is 0 Å². The SMILES string of the molecule is CC(C)(C)c1ccc(C(C)(C)N)c(S(=O)(=O)c2ccccc2)c1. The Bertz CT molecular complexity index is 795. The van der Waals surface area contributed by atoms with Crippen LogP contribution in [0.3, 0.4) is 0 Å². The number of nitrogens with two attached hydrogens (primary N) is 1. The topological polar surface area (TPSA) is 60.2 Å². The quantitative estimate of drug-likeness (QED) is 0.924. The van der Waals surface area contributed by atoms with E-state index in [2.05, 4.69) is 20.8 Å². The summed E-state index contributed by atoms with van der Waals surface area (Å²) in [4.78, 5) is 0.584. The molecule has 0 aliphatic carbocycles. The van der Waals surface area contributed by atoms with Gasteiger partial charge < -0.3 is 5.73 Å². The Balaban J connectivity index is 2.78. The van der Waals surface area contributed by atoms with Crippen molar-refractivity contribution in [2.75, 3.05) is 0 Å². The first-order valence-electron chi connectivity index (χ1n) is 7.68. The Hall–Kier alpha value is -1.65. The standard InChI is InChI=1S/C19H25NO2S/c1-18(2,3)14-11-12-16(19(4,5)20)17(13-14)23(21,22)15-9-7-6-8-10-15/h6-13H,20H2,1-5H3. The summed E-state index contributed by atoms with van der Waals surface area (Å²) >= 11 is 0. The van der Waals surface area contributed by atoms with E-state index in [1.807, 2.05) is 26.0 Å². The van der Waals surface area contributed by atoms with Crippen LogP contribution in [0.2, 0.25) is 0 Å². The van der Waals surface area contributed by atoms with Crippen LogP contribution < -0.4 is 5.73 Å². The third kappa shape index (κ3) is 3.65. The average Bonchev–Trinajstić information content (AvgIpc) is 2.45. The molecule has 124 valence electrons. The number of hydrogen-bond acceptors (Lipinski definition) is 3. The summed E-state index contributed by atoms with van der Waals surface area (Å²) < 4.78 is 26.2. The van der Waals surface area contributed by atoms with Gasteiger partial charge in [-0.25, -0.2) is 8.42 Å². The molecule has 2 rings (SSSR count). The lowest BCUT2D eigenvalue weighted by Crippen LogP contribution is -2.31. The van der Waals surface area contributed by atoms with Gasteiger partial charge >= 0.3 is 0 Å². The van der Waals surface area contributed by atoms with Crippen molar-refractivity contribution in [3.63, 3.8) is 0 Å². The maximum Gasteiger partial charge on any atom is 0.206 e. The van der Waals surface area contributed by atoms with Crippen molar-refractivity contribution in [3.8, 4) is 0 Å². The normalized spacial score (nSPS) is 13.1. The van der Waals surface area contributed by atoms with E-state index < -0.39 is 15.4 Å². The summed E-state index contributed by atoms with van der Waals surface area (Å²) in [6.07, 6.45) is 0. The van der Waals surface area contributed by atoms with Crippen molar-refractivity contribution >= 4 is 9.84 Å². The minimum Gasteiger partial charge on any atom is -0.322 e. The van der Waals surface area contributed by atoms with Crippen LogP contribution in [-0.2, 0) is 20.8 Å². The summed E-state index contributed by atoms with van der Waals surface area (Å²) in [5, 5.41) is 0. The van der Waals surface area contributed by atoms with Gasteiger partial charge in [-0.15, -0.1) is 0 Å². The number of benzene rings is 2. The summed E-state index contributed by atoms with van der Waals surface area (Å²) in [5.74, 6) is 0. The molecule has 0 amide bonds. The van der Waals surface area contributed by atoms with Crippen molar-refractivity contribution in [1.82, 2.24) is 0 Å². The van der Waals surface area contributed by atoms with Gasteiger partial charge in [0, 0.05) is 5.54 Å². The smallest absolute Gasteiger partial charge is 0.206 e. The maximum atomic E-state index is 13.1. The highest BCUT2D eigenvalue weighted by Gasteiger charge is 2.29. The molecule has 4 heteroatoms. The second-order valence-electron chi connectivity index (χ2n) is 7.50. The molecule has 0 aromatic heterocycles. The van der Waals surface area contributed by atoms with E-state index in [0.717, 1.165) is 5.56 Å². The second kappa shape index (κ2) is 5.77. The van der Waals surface area contributed by atoms with E-state index in [4.69, 9.17) is 5.73 Å². The molecular weight excluding hydrogens is 306 g/mol. The summed E-state index contributed by atoms with van der Waals surface area (Å²) in [6, 6.07) is 14.1. The molecule has 0 spiro atoms. The van der Waals surface area contributed by atoms with Crippen LogP contribution in [0.5, 0.6) is 0 Å². The molecule has 0 saturated carbocycles. The van der Waals surface area contributed by atoms with E-state index in [1.54, 1.807) is 36.4 Å². The molecule has 0 unspecified atom stereocenters. The molecule has 0 aliphatic heterocycles. The van der Waals surface area contributed by atoms with Crippen LogP contribution in [0.4, 0.5) is 0 Å². The van der Waals surface area contributed by atoms with Crippen molar-refractivity contribution in [1.29, 1.82) is 0 Å². The number of rotatable bonds is 3. The minimum absolute atomic E-state index is 0.141. The van der Waals surface area contributed by atoms with Crippen molar-refractivity contribution in [3.05, 3.63) is 59.7 Å². The third-order valence-electron chi connectivity index (χ3n) is 3.88. The lowest BCUT2D eigenvalue weighted by Gasteiger charge is -2.26. The maximum absolute atomic E-state index is 13.1. The number of sulfone groups is 1. The van der Waals surface area contributed by atoms with Gasteiger partial charge in [-0.2, -0.15) is 0 Å². The first kappa shape index (κ1) is 17.7. The van der Waals surface area contributed by atoms with Crippen molar-refractivity contribution < 1.29 is 8.42 Å². The highest BCUT2D eigenvalue weighted by molar-refractivity contribution is 7.91. The van der Waals surface area contributed by atoms with Gasteiger partial charge in [0.25, 0.3) is 0 Å². The van der Waals surface area contributed by atoms with E-state index in [-0.39, 0.29) is 10.3 Å². The Labute approximate surface area is 139 Å². The molecule has 2 N–H and O–H groups in total. The first-order chi connectivity index (χ1) is 10.4. The summed E-state index contributed by atoms with van der Waals surface area (Å²) in [7, 11) is -3.62. The number of hydrogen-bond donors (Lipinski definition) is 1. The fourth-order valence-corrected chi connectivity index (χ4v) is 4.14. The van der Waals surface area contributed by atoms with Crippen LogP contribution >= 0.6 is 0 Å². The summed E-state index contributed by atoms with van der Waals surface area (Å²) in [5.41, 5.74) is 6.95. The van der Waals surface area contributed by atoms with Gasteiger partial charge in [0.2, 0.25) is 9.84 Å². The van der Waals surface area contributed by atoms with E-state index >= 15 is 0 Å². The molecule has 0 aliphatic rings. The molecule has 0 atom stereocenters. The zero-order valence-corrected chi connectivity index (χ0v) is 15.2. The molecule has 23 heavy (non-hydrogen) atoms. The van der Waals surface area contributed by atoms with Crippen LogP contribution in [0.15, 0.2) is 58.3 Å². The van der Waals surface area contributed by atoms with Crippen LogP contribution in [-0.4, -0.2) is 8.42 Å². The van der Waals surface area contributed by atoms with E-state index in [0.29, 0.717) is 10.5 Å². The Morgan fingerprint density at radius 1 is 0.870 bits per heavy atom. The molecular formula is C19H25NO2S. The molecule has 0 saturated heterocycles. The average molecular weight is 331 g/mol. The van der Waals surface area contributed by atoms with Crippen LogP contribution in [0.1, 0.15) is 45.7 Å². The predicted octanol–water partition coefficient (Wildman–Crippen LogP) is 4.01. The van der Waals surface area contributed by atoms with Gasteiger partial charge in [-0.05, 0) is 48.6 Å². The Morgan fingerprint density at radius 2 is 1.43 bits per heavy atom. The lowest BCUT2D eigenvalue weighted by molar-refractivity contribution is 0.530. The molecule has 0 radical (unpaired) electrons. The van der Waals surface area contributed by atoms with E-state index in [1.165, 1.54) is 0 Å². The van der Waals surface area contributed by atoms with Gasteiger partial charge in [0.05, 0.1) is 9.79 Å². The predicted molar refractivity (Wildman–Crippen MR) is 94.2 cm³/mol. The fraction of sp³-hybridized carbons (Fsp3) is 0.368. The molecule has 3 nitrogen and oxygen atoms in total. The largest absolute Gasteiger partial charge is 0.322 e. The van der Waals surface area contributed by atoms with Gasteiger partial charge in [0.1, 0.15) is 0 Å². The third-order valence-corrected chi connectivity index (χ3v) is 5.69. The minimum atomic E-state index is -3.62. The monoisotopic (exact) mass is 331 g/mol. The van der Waals surface area contributed by atoms with Crippen molar-refractivity contribution in [2.45, 2.75) is 55.4 Å².